The molecule has 98 valence electrons. The number of carbonyl (C=O) groups excluding carboxylic acids is 1. The minimum Gasteiger partial charge on any atom is -0.354 e. The van der Waals surface area contributed by atoms with E-state index >= 15 is 0 Å². The molecule has 1 aromatic rings. The van der Waals surface area contributed by atoms with Crippen molar-refractivity contribution < 1.29 is 4.79 Å². The molecule has 0 saturated heterocycles. The van der Waals surface area contributed by atoms with Crippen molar-refractivity contribution in [1.82, 2.24) is 5.32 Å². The van der Waals surface area contributed by atoms with Gasteiger partial charge in [0.2, 0.25) is 5.91 Å². The fourth-order valence-corrected chi connectivity index (χ4v) is 2.20. The number of thioether (sulfide) groups is 1. The Hall–Kier alpha value is -1.91. The molecule has 3 nitrogen and oxygen atoms in total. The summed E-state index contributed by atoms with van der Waals surface area (Å²) in [6.45, 7) is 2.40. The lowest BCUT2D eigenvalue weighted by Gasteiger charge is -2.03. The van der Waals surface area contributed by atoms with Gasteiger partial charge in [-0.25, -0.2) is 0 Å². The number of hydrogen-bond donors (Lipinski definition) is 1. The first-order chi connectivity index (χ1) is 9.26. The lowest BCUT2D eigenvalue weighted by molar-refractivity contribution is -0.118. The largest absolute Gasteiger partial charge is 0.354 e. The van der Waals surface area contributed by atoms with Crippen LogP contribution in [-0.2, 0) is 10.5 Å². The predicted molar refractivity (Wildman–Crippen MR) is 78.4 cm³/mol. The normalized spacial score (nSPS) is 9.05. The molecular weight excluding hydrogens is 256 g/mol. The first-order valence-corrected chi connectivity index (χ1v) is 7.15. The third-order valence-electron chi connectivity index (χ3n) is 2.33. The average molecular weight is 272 g/mol. The Morgan fingerprint density at radius 3 is 2.74 bits per heavy atom. The zero-order valence-corrected chi connectivity index (χ0v) is 11.7. The highest BCUT2D eigenvalue weighted by molar-refractivity contribution is 7.99. The van der Waals surface area contributed by atoms with Crippen LogP contribution in [0.3, 0.4) is 0 Å². The van der Waals surface area contributed by atoms with Gasteiger partial charge in [-0.1, -0.05) is 12.1 Å². The van der Waals surface area contributed by atoms with Crippen LogP contribution in [0.2, 0.25) is 0 Å². The summed E-state index contributed by atoms with van der Waals surface area (Å²) in [6.07, 6.45) is 0.697. The molecule has 0 heterocycles. The van der Waals surface area contributed by atoms with Gasteiger partial charge in [0.1, 0.15) is 0 Å². The average Bonchev–Trinajstić information content (AvgIpc) is 2.44. The zero-order chi connectivity index (χ0) is 13.9. The van der Waals surface area contributed by atoms with Gasteiger partial charge in [0, 0.05) is 18.7 Å². The van der Waals surface area contributed by atoms with E-state index < -0.39 is 0 Å². The summed E-state index contributed by atoms with van der Waals surface area (Å²) < 4.78 is 0. The monoisotopic (exact) mass is 272 g/mol. The van der Waals surface area contributed by atoms with E-state index in [1.54, 1.807) is 30.8 Å². The SMILES string of the molecule is CC#CCCNC(=O)CSCc1ccc(C#N)cc1. The first kappa shape index (κ1) is 15.1. The van der Waals surface area contributed by atoms with Crippen LogP contribution in [-0.4, -0.2) is 18.2 Å². The minimum atomic E-state index is 0.0385. The van der Waals surface area contributed by atoms with E-state index in [9.17, 15) is 4.79 Å². The zero-order valence-electron chi connectivity index (χ0n) is 10.9. The Labute approximate surface area is 118 Å². The smallest absolute Gasteiger partial charge is 0.230 e. The van der Waals surface area contributed by atoms with Gasteiger partial charge in [-0.2, -0.15) is 5.26 Å². The fraction of sp³-hybridized carbons (Fsp3) is 0.333. The number of rotatable bonds is 6. The second-order valence-electron chi connectivity index (χ2n) is 3.83. The molecule has 0 aliphatic rings. The topological polar surface area (TPSA) is 52.9 Å². The van der Waals surface area contributed by atoms with Crippen LogP contribution in [0.5, 0.6) is 0 Å². The summed E-state index contributed by atoms with van der Waals surface area (Å²) >= 11 is 1.56. The van der Waals surface area contributed by atoms with Crippen molar-refractivity contribution in [1.29, 1.82) is 5.26 Å². The van der Waals surface area contributed by atoms with Crippen LogP contribution in [0.25, 0.3) is 0 Å². The van der Waals surface area contributed by atoms with Gasteiger partial charge < -0.3 is 5.32 Å². The molecule has 19 heavy (non-hydrogen) atoms. The van der Waals surface area contributed by atoms with E-state index in [1.807, 2.05) is 12.1 Å². The van der Waals surface area contributed by atoms with Crippen LogP contribution < -0.4 is 5.32 Å². The second kappa shape index (κ2) is 9.08. The summed E-state index contributed by atoms with van der Waals surface area (Å²) in [5, 5.41) is 11.5. The summed E-state index contributed by atoms with van der Waals surface area (Å²) in [5.41, 5.74) is 1.78. The maximum atomic E-state index is 11.5. The van der Waals surface area contributed by atoms with Gasteiger partial charge in [0.05, 0.1) is 17.4 Å². The number of nitrogens with one attached hydrogen (secondary N) is 1. The van der Waals surface area contributed by atoms with Crippen LogP contribution >= 0.6 is 11.8 Å². The fourth-order valence-electron chi connectivity index (χ4n) is 1.38. The third kappa shape index (κ3) is 6.55. The van der Waals surface area contributed by atoms with Crippen molar-refractivity contribution in [2.45, 2.75) is 19.1 Å². The summed E-state index contributed by atoms with van der Waals surface area (Å²) in [7, 11) is 0. The highest BCUT2D eigenvalue weighted by Gasteiger charge is 2.01. The van der Waals surface area contributed by atoms with E-state index in [1.165, 1.54) is 0 Å². The molecule has 4 heteroatoms. The summed E-state index contributed by atoms with van der Waals surface area (Å²) in [5.74, 6) is 6.94. The number of nitrogens with zero attached hydrogens (tertiary/aromatic N) is 1. The van der Waals surface area contributed by atoms with E-state index in [0.717, 1.165) is 11.3 Å². The Morgan fingerprint density at radius 1 is 1.37 bits per heavy atom. The highest BCUT2D eigenvalue weighted by Crippen LogP contribution is 2.12. The van der Waals surface area contributed by atoms with Crippen LogP contribution in [0.4, 0.5) is 0 Å². The minimum absolute atomic E-state index is 0.0385. The van der Waals surface area contributed by atoms with E-state index in [2.05, 4.69) is 23.2 Å². The number of nitriles is 1. The standard InChI is InChI=1S/C15H16N2OS/c1-2-3-4-9-17-15(18)12-19-11-14-7-5-13(10-16)6-8-14/h5-8H,4,9,11-12H2,1H3,(H,17,18). The van der Waals surface area contributed by atoms with Gasteiger partial charge in [0.15, 0.2) is 0 Å². The predicted octanol–water partition coefficient (Wildman–Crippen LogP) is 2.32. The molecule has 1 rings (SSSR count). The summed E-state index contributed by atoms with van der Waals surface area (Å²) in [6, 6.07) is 9.50. The molecule has 0 atom stereocenters. The Kier molecular flexibility index (Phi) is 7.24. The second-order valence-corrected chi connectivity index (χ2v) is 4.81. The lowest BCUT2D eigenvalue weighted by atomic mass is 10.2. The molecule has 0 aliphatic carbocycles. The summed E-state index contributed by atoms with van der Waals surface area (Å²) in [4.78, 5) is 11.5. The van der Waals surface area contributed by atoms with E-state index in [0.29, 0.717) is 24.3 Å². The van der Waals surface area contributed by atoms with Crippen LogP contribution in [0, 0.1) is 23.2 Å². The van der Waals surface area contributed by atoms with Gasteiger partial charge >= 0.3 is 0 Å². The van der Waals surface area contributed by atoms with Crippen molar-refractivity contribution >= 4 is 17.7 Å². The molecule has 1 aromatic carbocycles. The van der Waals surface area contributed by atoms with Crippen LogP contribution in [0.1, 0.15) is 24.5 Å². The molecule has 1 N–H and O–H groups in total. The number of hydrogen-bond acceptors (Lipinski definition) is 3. The molecule has 0 aromatic heterocycles. The Bertz CT molecular complexity index is 506. The first-order valence-electron chi connectivity index (χ1n) is 5.99. The number of benzene rings is 1. The van der Waals surface area contributed by atoms with Gasteiger partial charge in [-0.3, -0.25) is 4.79 Å². The van der Waals surface area contributed by atoms with Gasteiger partial charge in [-0.15, -0.1) is 23.6 Å². The molecule has 0 radical (unpaired) electrons. The quantitative estimate of drug-likeness (QED) is 0.638. The van der Waals surface area contributed by atoms with E-state index in [-0.39, 0.29) is 5.91 Å². The van der Waals surface area contributed by atoms with Crippen molar-refractivity contribution in [2.24, 2.45) is 0 Å². The molecule has 0 saturated carbocycles. The highest BCUT2D eigenvalue weighted by atomic mass is 32.2. The molecule has 1 amide bonds. The van der Waals surface area contributed by atoms with Gasteiger partial charge in [0.25, 0.3) is 0 Å². The Balaban J connectivity index is 2.20. The Morgan fingerprint density at radius 2 is 2.11 bits per heavy atom. The maximum Gasteiger partial charge on any atom is 0.230 e. The molecule has 0 spiro atoms. The molecule has 0 bridgehead atoms. The molecule has 0 fully saturated rings. The lowest BCUT2D eigenvalue weighted by Crippen LogP contribution is -2.25. The van der Waals surface area contributed by atoms with E-state index in [4.69, 9.17) is 5.26 Å². The van der Waals surface area contributed by atoms with Crippen molar-refractivity contribution in [2.75, 3.05) is 12.3 Å². The van der Waals surface area contributed by atoms with Crippen LogP contribution in [0.15, 0.2) is 24.3 Å². The number of amides is 1. The van der Waals surface area contributed by atoms with Crippen molar-refractivity contribution in [3.63, 3.8) is 0 Å². The molecule has 0 unspecified atom stereocenters. The molecule has 0 aliphatic heterocycles. The number of carbonyl (C=O) groups is 1. The maximum absolute atomic E-state index is 11.5. The van der Waals surface area contributed by atoms with Crippen molar-refractivity contribution in [3.8, 4) is 17.9 Å². The van der Waals surface area contributed by atoms with Crippen molar-refractivity contribution in [3.05, 3.63) is 35.4 Å². The molecular formula is C15H16N2OS. The third-order valence-corrected chi connectivity index (χ3v) is 3.34. The van der Waals surface area contributed by atoms with Gasteiger partial charge in [-0.05, 0) is 24.6 Å².